The van der Waals surface area contributed by atoms with Gasteiger partial charge in [-0.3, -0.25) is 0 Å². The molecule has 0 amide bonds. The maximum absolute atomic E-state index is 13.0. The maximum Gasteiger partial charge on any atom is 0.334 e. The Kier molecular flexibility index (Phi) is 5.24. The molecule has 106 valence electrons. The van der Waals surface area contributed by atoms with Crippen molar-refractivity contribution in [1.82, 2.24) is 4.72 Å². The van der Waals surface area contributed by atoms with Crippen molar-refractivity contribution < 1.29 is 27.4 Å². The van der Waals surface area contributed by atoms with E-state index >= 15 is 0 Å². The van der Waals surface area contributed by atoms with E-state index in [4.69, 9.17) is 16.7 Å². The number of carbonyl (C=O) groups is 1. The van der Waals surface area contributed by atoms with Crippen LogP contribution in [0.2, 0.25) is 5.02 Å². The molecule has 0 radical (unpaired) electrons. The van der Waals surface area contributed by atoms with E-state index in [1.54, 1.807) is 0 Å². The maximum atomic E-state index is 13.0. The molecule has 0 bridgehead atoms. The summed E-state index contributed by atoms with van der Waals surface area (Å²) in [4.78, 5) is 10.2. The zero-order valence-corrected chi connectivity index (χ0v) is 11.3. The van der Waals surface area contributed by atoms with Crippen molar-refractivity contribution in [2.45, 2.75) is 11.0 Å². The molecule has 1 unspecified atom stereocenters. The van der Waals surface area contributed by atoms with Gasteiger partial charge >= 0.3 is 5.97 Å². The lowest BCUT2D eigenvalue weighted by Gasteiger charge is -2.12. The van der Waals surface area contributed by atoms with Crippen molar-refractivity contribution in [2.24, 2.45) is 0 Å². The highest BCUT2D eigenvalue weighted by molar-refractivity contribution is 7.89. The van der Waals surface area contributed by atoms with Crippen LogP contribution in [-0.2, 0) is 19.6 Å². The minimum absolute atomic E-state index is 0.168. The van der Waals surface area contributed by atoms with Gasteiger partial charge in [-0.1, -0.05) is 11.6 Å². The molecule has 0 saturated heterocycles. The lowest BCUT2D eigenvalue weighted by molar-refractivity contribution is -0.147. The van der Waals surface area contributed by atoms with Gasteiger partial charge in [0, 0.05) is 13.7 Å². The van der Waals surface area contributed by atoms with Gasteiger partial charge in [-0.15, -0.1) is 0 Å². The first-order chi connectivity index (χ1) is 8.77. The second-order valence-corrected chi connectivity index (χ2v) is 5.63. The van der Waals surface area contributed by atoms with Crippen molar-refractivity contribution >= 4 is 27.6 Å². The highest BCUT2D eigenvalue weighted by Crippen LogP contribution is 2.21. The zero-order valence-electron chi connectivity index (χ0n) is 9.76. The number of sulfonamides is 1. The van der Waals surface area contributed by atoms with Crippen LogP contribution in [0.15, 0.2) is 23.1 Å². The summed E-state index contributed by atoms with van der Waals surface area (Å²) in [5.41, 5.74) is 0. The highest BCUT2D eigenvalue weighted by atomic mass is 35.5. The molecule has 0 heterocycles. The summed E-state index contributed by atoms with van der Waals surface area (Å²) in [6.07, 6.45) is -1.35. The number of carboxylic acids is 1. The third-order valence-electron chi connectivity index (χ3n) is 2.20. The third kappa shape index (κ3) is 4.13. The van der Waals surface area contributed by atoms with Gasteiger partial charge in [0.05, 0.1) is 5.02 Å². The number of benzene rings is 1. The normalized spacial score (nSPS) is 13.2. The van der Waals surface area contributed by atoms with E-state index in [1.165, 1.54) is 0 Å². The molecule has 0 spiro atoms. The molecule has 0 aromatic heterocycles. The fraction of sp³-hybridized carbons (Fsp3) is 0.300. The van der Waals surface area contributed by atoms with E-state index in [-0.39, 0.29) is 5.02 Å². The van der Waals surface area contributed by atoms with Gasteiger partial charge in [-0.2, -0.15) is 0 Å². The Balaban J connectivity index is 2.93. The molecule has 19 heavy (non-hydrogen) atoms. The molecule has 2 N–H and O–H groups in total. The summed E-state index contributed by atoms with van der Waals surface area (Å²) in [6.45, 7) is -0.499. The van der Waals surface area contributed by atoms with Gasteiger partial charge in [0.25, 0.3) is 0 Å². The van der Waals surface area contributed by atoms with Crippen LogP contribution in [-0.4, -0.2) is 39.3 Å². The average Bonchev–Trinajstić information content (AvgIpc) is 2.32. The van der Waals surface area contributed by atoms with Crippen LogP contribution in [0, 0.1) is 5.82 Å². The number of methoxy groups -OCH3 is 1. The van der Waals surface area contributed by atoms with E-state index in [0.717, 1.165) is 25.3 Å². The molecule has 1 atom stereocenters. The number of aliphatic carboxylic acids is 1. The van der Waals surface area contributed by atoms with Crippen LogP contribution in [0.3, 0.4) is 0 Å². The van der Waals surface area contributed by atoms with Gasteiger partial charge in [-0.05, 0) is 18.2 Å². The van der Waals surface area contributed by atoms with Gasteiger partial charge < -0.3 is 9.84 Å². The van der Waals surface area contributed by atoms with Crippen molar-refractivity contribution in [3.05, 3.63) is 29.0 Å². The van der Waals surface area contributed by atoms with Gasteiger partial charge in [-0.25, -0.2) is 22.3 Å². The standard InChI is InChI=1S/C10H11ClFNO5S/c1-18-8(10(14)15)5-13-19(16,17)9-4-6(12)2-3-7(9)11/h2-4,8,13H,5H2,1H3,(H,14,15). The number of halogens is 2. The summed E-state index contributed by atoms with van der Waals surface area (Å²) >= 11 is 5.66. The number of carboxylic acid groups (broad SMARTS) is 1. The number of rotatable bonds is 6. The Labute approximate surface area is 114 Å². The molecule has 0 aliphatic heterocycles. The SMILES string of the molecule is COC(CNS(=O)(=O)c1cc(F)ccc1Cl)C(=O)O. The van der Waals surface area contributed by atoms with Gasteiger partial charge in [0.1, 0.15) is 10.7 Å². The summed E-state index contributed by atoms with van der Waals surface area (Å²) in [5, 5.41) is 8.53. The molecule has 0 saturated carbocycles. The molecule has 6 nitrogen and oxygen atoms in total. The van der Waals surface area contributed by atoms with E-state index in [9.17, 15) is 17.6 Å². The number of hydrogen-bond acceptors (Lipinski definition) is 4. The Morgan fingerprint density at radius 2 is 2.21 bits per heavy atom. The predicted octanol–water partition coefficient (Wildman–Crippen LogP) is 0.857. The van der Waals surface area contributed by atoms with Crippen LogP contribution in [0.1, 0.15) is 0 Å². The zero-order chi connectivity index (χ0) is 14.6. The van der Waals surface area contributed by atoms with Crippen LogP contribution >= 0.6 is 11.6 Å². The second kappa shape index (κ2) is 6.29. The molecule has 0 aliphatic rings. The predicted molar refractivity (Wildman–Crippen MR) is 65.0 cm³/mol. The van der Waals surface area contributed by atoms with E-state index in [0.29, 0.717) is 0 Å². The smallest absolute Gasteiger partial charge is 0.334 e. The number of hydrogen-bond donors (Lipinski definition) is 2. The summed E-state index contributed by atoms with van der Waals surface area (Å²) in [6, 6.07) is 2.85. The van der Waals surface area contributed by atoms with Crippen molar-refractivity contribution in [3.8, 4) is 0 Å². The lowest BCUT2D eigenvalue weighted by Crippen LogP contribution is -2.37. The molecular weight excluding hydrogens is 301 g/mol. The largest absolute Gasteiger partial charge is 0.479 e. The highest BCUT2D eigenvalue weighted by Gasteiger charge is 2.23. The molecule has 1 aromatic carbocycles. The molecular formula is C10H11ClFNO5S. The lowest BCUT2D eigenvalue weighted by atomic mass is 10.3. The monoisotopic (exact) mass is 311 g/mol. The number of ether oxygens (including phenoxy) is 1. The molecule has 9 heteroatoms. The van der Waals surface area contributed by atoms with Crippen LogP contribution in [0.5, 0.6) is 0 Å². The van der Waals surface area contributed by atoms with Crippen molar-refractivity contribution in [3.63, 3.8) is 0 Å². The minimum atomic E-state index is -4.12. The summed E-state index contributed by atoms with van der Waals surface area (Å²) < 4.78 is 43.2. The molecule has 1 aromatic rings. The van der Waals surface area contributed by atoms with Crippen LogP contribution < -0.4 is 4.72 Å². The first-order valence-corrected chi connectivity index (χ1v) is 6.84. The van der Waals surface area contributed by atoms with E-state index < -0.39 is 39.4 Å². The van der Waals surface area contributed by atoms with Gasteiger partial charge in [0.2, 0.25) is 10.0 Å². The fourth-order valence-electron chi connectivity index (χ4n) is 1.22. The van der Waals surface area contributed by atoms with E-state index in [2.05, 4.69) is 4.74 Å². The Morgan fingerprint density at radius 1 is 1.58 bits per heavy atom. The van der Waals surface area contributed by atoms with Crippen molar-refractivity contribution in [2.75, 3.05) is 13.7 Å². The summed E-state index contributed by atoms with van der Waals surface area (Å²) in [7, 11) is -2.99. The Hall–Kier alpha value is -1.22. The first-order valence-electron chi connectivity index (χ1n) is 4.98. The topological polar surface area (TPSA) is 92.7 Å². The average molecular weight is 312 g/mol. The number of nitrogens with one attached hydrogen (secondary N) is 1. The van der Waals surface area contributed by atoms with Gasteiger partial charge in [0.15, 0.2) is 6.10 Å². The minimum Gasteiger partial charge on any atom is -0.479 e. The Morgan fingerprint density at radius 3 is 2.74 bits per heavy atom. The third-order valence-corrected chi connectivity index (χ3v) is 4.11. The second-order valence-electron chi connectivity index (χ2n) is 3.49. The van der Waals surface area contributed by atoms with Crippen molar-refractivity contribution in [1.29, 1.82) is 0 Å². The van der Waals surface area contributed by atoms with Crippen LogP contribution in [0.25, 0.3) is 0 Å². The molecule has 0 fully saturated rings. The fourth-order valence-corrected chi connectivity index (χ4v) is 2.76. The quantitative estimate of drug-likeness (QED) is 0.812. The van der Waals surface area contributed by atoms with Crippen LogP contribution in [0.4, 0.5) is 4.39 Å². The van der Waals surface area contributed by atoms with E-state index in [1.807, 2.05) is 4.72 Å². The molecule has 1 rings (SSSR count). The molecule has 0 aliphatic carbocycles. The summed E-state index contributed by atoms with van der Waals surface area (Å²) in [5.74, 6) is -2.10. The Bertz CT molecular complexity index is 577. The first kappa shape index (κ1) is 15.8.